The van der Waals surface area contributed by atoms with Crippen LogP contribution in [-0.4, -0.2) is 51.0 Å². The molecule has 124 valence electrons. The van der Waals surface area contributed by atoms with Crippen LogP contribution in [-0.2, 0) is 4.84 Å². The van der Waals surface area contributed by atoms with Crippen molar-refractivity contribution in [2.75, 3.05) is 19.6 Å². The summed E-state index contributed by atoms with van der Waals surface area (Å²) in [7, 11) is 0. The van der Waals surface area contributed by atoms with Crippen LogP contribution < -0.4 is 5.32 Å². The first-order valence-electron chi connectivity index (χ1n) is 8.04. The van der Waals surface area contributed by atoms with E-state index in [0.29, 0.717) is 19.6 Å². The van der Waals surface area contributed by atoms with E-state index in [1.54, 1.807) is 11.3 Å². The summed E-state index contributed by atoms with van der Waals surface area (Å²) in [5, 5.41) is 15.9. The van der Waals surface area contributed by atoms with Gasteiger partial charge in [0.05, 0.1) is 11.9 Å². The Morgan fingerprint density at radius 3 is 3.29 bits per heavy atom. The highest BCUT2D eigenvalue weighted by Crippen LogP contribution is 2.33. The smallest absolute Gasteiger partial charge is 0.351 e. The molecule has 4 rings (SSSR count). The number of rotatable bonds is 3. The van der Waals surface area contributed by atoms with Crippen molar-refractivity contribution in [1.82, 2.24) is 30.5 Å². The second kappa shape index (κ2) is 6.04. The fourth-order valence-corrected chi connectivity index (χ4v) is 3.22. The molecule has 1 unspecified atom stereocenters. The van der Waals surface area contributed by atoms with E-state index in [1.165, 1.54) is 0 Å². The van der Waals surface area contributed by atoms with Crippen LogP contribution in [0.2, 0.25) is 0 Å². The van der Waals surface area contributed by atoms with Gasteiger partial charge in [-0.2, -0.15) is 10.2 Å². The van der Waals surface area contributed by atoms with Crippen molar-refractivity contribution in [1.29, 1.82) is 0 Å². The average Bonchev–Trinajstić information content (AvgIpc) is 3.23. The number of aromatic nitrogens is 4. The van der Waals surface area contributed by atoms with Crippen LogP contribution in [0.4, 0.5) is 4.79 Å². The summed E-state index contributed by atoms with van der Waals surface area (Å²) in [6.07, 6.45) is 5.86. The molecule has 1 saturated heterocycles. The molecule has 0 bridgehead atoms. The number of hydroxylamine groups is 2. The molecule has 0 aliphatic carbocycles. The number of carbonyl (C=O) groups is 1. The van der Waals surface area contributed by atoms with Crippen LogP contribution in [0.5, 0.6) is 0 Å². The zero-order valence-electron chi connectivity index (χ0n) is 13.3. The zero-order valence-corrected chi connectivity index (χ0v) is 13.3. The van der Waals surface area contributed by atoms with Crippen molar-refractivity contribution in [2.24, 2.45) is 0 Å². The summed E-state index contributed by atoms with van der Waals surface area (Å²) in [5.41, 5.74) is 1.77. The number of nitrogens with one attached hydrogen (secondary N) is 2. The number of H-pyrrole nitrogens is 1. The van der Waals surface area contributed by atoms with E-state index in [0.717, 1.165) is 33.9 Å². The molecule has 8 heteroatoms. The highest BCUT2D eigenvalue weighted by molar-refractivity contribution is 6.05. The van der Waals surface area contributed by atoms with E-state index in [1.807, 2.05) is 25.4 Å². The maximum absolute atomic E-state index is 11.6. The molecule has 8 nitrogen and oxygen atoms in total. The molecule has 1 atom stereocenters. The van der Waals surface area contributed by atoms with Crippen LogP contribution in [0.15, 0.2) is 24.7 Å². The molecule has 0 saturated carbocycles. The van der Waals surface area contributed by atoms with Gasteiger partial charge in [0.25, 0.3) is 0 Å². The van der Waals surface area contributed by atoms with Crippen LogP contribution in [0.3, 0.4) is 0 Å². The predicted molar refractivity (Wildman–Crippen MR) is 88.3 cm³/mol. The molecule has 1 fully saturated rings. The van der Waals surface area contributed by atoms with E-state index in [4.69, 9.17) is 4.84 Å². The Morgan fingerprint density at radius 2 is 2.42 bits per heavy atom. The molecule has 3 aromatic rings. The van der Waals surface area contributed by atoms with E-state index < -0.39 is 6.09 Å². The van der Waals surface area contributed by atoms with Crippen LogP contribution in [0, 0.1) is 0 Å². The monoisotopic (exact) mass is 326 g/mol. The third-order valence-corrected chi connectivity index (χ3v) is 4.31. The van der Waals surface area contributed by atoms with Gasteiger partial charge in [0.1, 0.15) is 5.65 Å². The Morgan fingerprint density at radius 1 is 1.50 bits per heavy atom. The second-order valence-electron chi connectivity index (χ2n) is 5.84. The quantitative estimate of drug-likeness (QED) is 0.764. The van der Waals surface area contributed by atoms with Crippen molar-refractivity contribution >= 4 is 27.9 Å². The standard InChI is InChI=1S/C16H18N6O2/c1-2-17-16(23)24-22-6-4-10(9-22)14-13-11(8-20-21-14)7-19-15-12(13)3-5-18-15/h3,5,7-8,10H,2,4,6,9H2,1H3,(H,17,23)(H,18,19). The van der Waals surface area contributed by atoms with Gasteiger partial charge in [0, 0.05) is 54.1 Å². The van der Waals surface area contributed by atoms with Crippen LogP contribution in [0.1, 0.15) is 25.0 Å². The first-order chi connectivity index (χ1) is 11.8. The van der Waals surface area contributed by atoms with Gasteiger partial charge in [-0.05, 0) is 19.4 Å². The number of carbonyl (C=O) groups excluding carboxylic acids is 1. The lowest BCUT2D eigenvalue weighted by Crippen LogP contribution is -2.32. The maximum Gasteiger partial charge on any atom is 0.426 e. The molecule has 0 spiro atoms. The van der Waals surface area contributed by atoms with Gasteiger partial charge < -0.3 is 15.1 Å². The molecular weight excluding hydrogens is 308 g/mol. The molecule has 1 aliphatic heterocycles. The minimum Gasteiger partial charge on any atom is -0.351 e. The number of hydrogen-bond acceptors (Lipinski definition) is 6. The minimum absolute atomic E-state index is 0.163. The summed E-state index contributed by atoms with van der Waals surface area (Å²) >= 11 is 0. The lowest BCUT2D eigenvalue weighted by molar-refractivity contribution is -0.0813. The number of nitrogens with zero attached hydrogens (tertiary/aromatic N) is 4. The lowest BCUT2D eigenvalue weighted by Gasteiger charge is -2.16. The Balaban J connectivity index is 1.65. The molecule has 0 radical (unpaired) electrons. The topological polar surface area (TPSA) is 96.0 Å². The van der Waals surface area contributed by atoms with Crippen LogP contribution in [0.25, 0.3) is 21.8 Å². The first-order valence-corrected chi connectivity index (χ1v) is 8.04. The Labute approximate surface area is 138 Å². The highest BCUT2D eigenvalue weighted by atomic mass is 16.7. The van der Waals surface area contributed by atoms with Crippen molar-refractivity contribution in [3.05, 3.63) is 30.4 Å². The Bertz CT molecular complexity index is 893. The van der Waals surface area contributed by atoms with E-state index in [2.05, 4.69) is 25.5 Å². The Hall–Kier alpha value is -2.74. The number of aromatic amines is 1. The fraction of sp³-hybridized carbons (Fsp3) is 0.375. The van der Waals surface area contributed by atoms with Gasteiger partial charge in [0.2, 0.25) is 0 Å². The SMILES string of the molecule is CCNC(=O)ON1CCC(c2nncc3cnc4[nH]ccc4c23)C1. The summed E-state index contributed by atoms with van der Waals surface area (Å²) in [6, 6.07) is 2.01. The molecule has 1 amide bonds. The van der Waals surface area contributed by atoms with Gasteiger partial charge in [-0.1, -0.05) is 0 Å². The average molecular weight is 326 g/mol. The summed E-state index contributed by atoms with van der Waals surface area (Å²) in [4.78, 5) is 24.4. The van der Waals surface area contributed by atoms with E-state index >= 15 is 0 Å². The summed E-state index contributed by atoms with van der Waals surface area (Å²) in [6.45, 7) is 3.69. The molecule has 0 aromatic carbocycles. The summed E-state index contributed by atoms with van der Waals surface area (Å²) < 4.78 is 0. The van der Waals surface area contributed by atoms with Gasteiger partial charge in [-0.15, -0.1) is 5.06 Å². The number of amides is 1. The van der Waals surface area contributed by atoms with E-state index in [-0.39, 0.29) is 5.92 Å². The summed E-state index contributed by atoms with van der Waals surface area (Å²) in [5.74, 6) is 0.163. The fourth-order valence-electron chi connectivity index (χ4n) is 3.22. The number of pyridine rings is 1. The highest BCUT2D eigenvalue weighted by Gasteiger charge is 2.29. The molecule has 3 aromatic heterocycles. The first kappa shape index (κ1) is 14.8. The molecule has 24 heavy (non-hydrogen) atoms. The minimum atomic E-state index is -0.417. The van der Waals surface area contributed by atoms with Crippen LogP contribution >= 0.6 is 0 Å². The van der Waals surface area contributed by atoms with Gasteiger partial charge in [0.15, 0.2) is 0 Å². The second-order valence-corrected chi connectivity index (χ2v) is 5.84. The van der Waals surface area contributed by atoms with Crippen molar-refractivity contribution in [3.8, 4) is 0 Å². The zero-order chi connectivity index (χ0) is 16.5. The number of hydrogen-bond donors (Lipinski definition) is 2. The predicted octanol–water partition coefficient (Wildman–Crippen LogP) is 1.96. The van der Waals surface area contributed by atoms with Gasteiger partial charge >= 0.3 is 6.09 Å². The Kier molecular flexibility index (Phi) is 3.73. The van der Waals surface area contributed by atoms with Gasteiger partial charge in [-0.25, -0.2) is 9.78 Å². The molecule has 1 aliphatic rings. The number of fused-ring (bicyclic) bond motifs is 3. The lowest BCUT2D eigenvalue weighted by atomic mass is 9.98. The normalized spacial score (nSPS) is 18.3. The molecule has 2 N–H and O–H groups in total. The van der Waals surface area contributed by atoms with Crippen molar-refractivity contribution in [3.63, 3.8) is 0 Å². The maximum atomic E-state index is 11.6. The molecular formula is C16H18N6O2. The van der Waals surface area contributed by atoms with Gasteiger partial charge in [-0.3, -0.25) is 0 Å². The third kappa shape index (κ3) is 2.54. The van der Waals surface area contributed by atoms with E-state index in [9.17, 15) is 4.79 Å². The largest absolute Gasteiger partial charge is 0.426 e. The molecule has 4 heterocycles. The third-order valence-electron chi connectivity index (χ3n) is 4.31. The van der Waals surface area contributed by atoms with Crippen molar-refractivity contribution in [2.45, 2.75) is 19.3 Å². The van der Waals surface area contributed by atoms with Crippen molar-refractivity contribution < 1.29 is 9.63 Å².